The van der Waals surface area contributed by atoms with E-state index in [1.165, 1.54) is 89.9 Å². The molecule has 5 heteroatoms. The highest BCUT2D eigenvalue weighted by atomic mass is 16.3. The number of amides is 1. The summed E-state index contributed by atoms with van der Waals surface area (Å²) in [4.78, 5) is 12.4. The van der Waals surface area contributed by atoms with Crippen LogP contribution in [0.25, 0.3) is 0 Å². The number of nitrogens with one attached hydrogen (secondary N) is 1. The Bertz CT molecular complexity index is 730. The van der Waals surface area contributed by atoms with Crippen LogP contribution in [0.2, 0.25) is 0 Å². The molecule has 0 aromatic carbocycles. The van der Waals surface area contributed by atoms with Crippen molar-refractivity contribution in [2.24, 2.45) is 0 Å². The molecule has 0 radical (unpaired) electrons. The number of carbonyl (C=O) groups excluding carboxylic acids is 1. The summed E-state index contributed by atoms with van der Waals surface area (Å²) in [6.07, 6.45) is 42.6. The number of carbonyl (C=O) groups is 1. The zero-order chi connectivity index (χ0) is 32.4. The van der Waals surface area contributed by atoms with Crippen LogP contribution < -0.4 is 5.32 Å². The second-order valence-electron chi connectivity index (χ2n) is 12.4. The molecule has 0 saturated carbocycles. The third-order valence-corrected chi connectivity index (χ3v) is 8.12. The minimum absolute atomic E-state index is 0.386. The van der Waals surface area contributed by atoms with Gasteiger partial charge in [0, 0.05) is 0 Å². The number of hydrogen-bond acceptors (Lipinski definition) is 4. The number of unbranched alkanes of at least 4 members (excludes halogenated alkanes) is 18. The van der Waals surface area contributed by atoms with Crippen molar-refractivity contribution in [3.05, 3.63) is 48.6 Å². The van der Waals surface area contributed by atoms with Crippen LogP contribution in [0.3, 0.4) is 0 Å². The fourth-order valence-electron chi connectivity index (χ4n) is 5.15. The van der Waals surface area contributed by atoms with Crippen molar-refractivity contribution in [2.75, 3.05) is 6.61 Å². The molecule has 256 valence electrons. The van der Waals surface area contributed by atoms with Gasteiger partial charge in [-0.1, -0.05) is 146 Å². The molecule has 0 fully saturated rings. The lowest BCUT2D eigenvalue weighted by Gasteiger charge is -2.21. The van der Waals surface area contributed by atoms with E-state index in [1.807, 2.05) is 6.08 Å². The van der Waals surface area contributed by atoms with Crippen molar-refractivity contribution in [1.82, 2.24) is 5.32 Å². The van der Waals surface area contributed by atoms with Gasteiger partial charge in [-0.2, -0.15) is 0 Å². The molecule has 5 nitrogen and oxygen atoms in total. The van der Waals surface area contributed by atoms with Gasteiger partial charge in [0.2, 0.25) is 5.91 Å². The molecule has 0 aliphatic heterocycles. The van der Waals surface area contributed by atoms with E-state index >= 15 is 0 Å². The number of allylic oxidation sites excluding steroid dienone is 7. The lowest BCUT2D eigenvalue weighted by Crippen LogP contribution is -2.48. The van der Waals surface area contributed by atoms with Crippen LogP contribution in [0, 0.1) is 0 Å². The molecule has 3 unspecified atom stereocenters. The zero-order valence-corrected chi connectivity index (χ0v) is 28.8. The summed E-state index contributed by atoms with van der Waals surface area (Å²) in [7, 11) is 0. The van der Waals surface area contributed by atoms with Crippen LogP contribution >= 0.6 is 0 Å². The molecule has 0 aliphatic rings. The highest BCUT2D eigenvalue weighted by Crippen LogP contribution is 2.11. The first-order valence-corrected chi connectivity index (χ1v) is 18.5. The normalized spacial score (nSPS) is 14.4. The molecule has 0 aliphatic carbocycles. The third kappa shape index (κ3) is 29.0. The lowest BCUT2D eigenvalue weighted by molar-refractivity contribution is -0.131. The molecule has 0 aromatic rings. The summed E-state index contributed by atoms with van der Waals surface area (Å²) >= 11 is 0. The molecule has 0 bridgehead atoms. The van der Waals surface area contributed by atoms with Gasteiger partial charge in [-0.15, -0.1) is 0 Å². The summed E-state index contributed by atoms with van der Waals surface area (Å²) in [6, 6.07) is -0.824. The number of rotatable bonds is 32. The number of aliphatic hydroxyl groups is 3. The molecule has 0 spiro atoms. The van der Waals surface area contributed by atoms with Gasteiger partial charge in [-0.05, 0) is 70.6 Å². The highest BCUT2D eigenvalue weighted by molar-refractivity contribution is 5.80. The van der Waals surface area contributed by atoms with Crippen molar-refractivity contribution in [1.29, 1.82) is 0 Å². The number of aliphatic hydroxyl groups excluding tert-OH is 3. The van der Waals surface area contributed by atoms with Gasteiger partial charge in [-0.3, -0.25) is 4.79 Å². The smallest absolute Gasteiger partial charge is 0.249 e. The van der Waals surface area contributed by atoms with Gasteiger partial charge < -0.3 is 20.6 Å². The summed E-state index contributed by atoms with van der Waals surface area (Å²) in [5.74, 6) is -0.529. The molecule has 3 atom stereocenters. The fourth-order valence-corrected chi connectivity index (χ4v) is 5.15. The third-order valence-electron chi connectivity index (χ3n) is 8.12. The summed E-state index contributed by atoms with van der Waals surface area (Å²) in [5.41, 5.74) is 0. The Kier molecular flexibility index (Phi) is 32.9. The van der Waals surface area contributed by atoms with E-state index in [0.717, 1.165) is 57.8 Å². The molecule has 0 heterocycles. The van der Waals surface area contributed by atoms with E-state index in [4.69, 9.17) is 0 Å². The second kappa shape index (κ2) is 34.2. The molecule has 0 rings (SSSR count). The zero-order valence-electron chi connectivity index (χ0n) is 28.8. The Morgan fingerprint density at radius 1 is 0.545 bits per heavy atom. The van der Waals surface area contributed by atoms with Crippen LogP contribution in [0.5, 0.6) is 0 Å². The van der Waals surface area contributed by atoms with Gasteiger partial charge >= 0.3 is 0 Å². The van der Waals surface area contributed by atoms with E-state index in [9.17, 15) is 20.1 Å². The van der Waals surface area contributed by atoms with Crippen molar-refractivity contribution < 1.29 is 20.1 Å². The average molecular weight is 618 g/mol. The van der Waals surface area contributed by atoms with Crippen LogP contribution in [0.15, 0.2) is 48.6 Å². The van der Waals surface area contributed by atoms with Crippen molar-refractivity contribution >= 4 is 5.91 Å². The van der Waals surface area contributed by atoms with Gasteiger partial charge in [0.25, 0.3) is 0 Å². The summed E-state index contributed by atoms with van der Waals surface area (Å²) in [5, 5.41) is 32.9. The van der Waals surface area contributed by atoms with E-state index in [0.29, 0.717) is 6.42 Å². The monoisotopic (exact) mass is 618 g/mol. The second-order valence-corrected chi connectivity index (χ2v) is 12.4. The Morgan fingerprint density at radius 3 is 1.39 bits per heavy atom. The Hall–Kier alpha value is -1.69. The Labute approximate surface area is 272 Å². The molecule has 4 N–H and O–H groups in total. The largest absolute Gasteiger partial charge is 0.394 e. The van der Waals surface area contributed by atoms with Gasteiger partial charge in [0.1, 0.15) is 6.10 Å². The maximum Gasteiger partial charge on any atom is 0.249 e. The van der Waals surface area contributed by atoms with Crippen molar-refractivity contribution in [3.8, 4) is 0 Å². The van der Waals surface area contributed by atoms with Crippen LogP contribution in [0.1, 0.15) is 168 Å². The highest BCUT2D eigenvalue weighted by Gasteiger charge is 2.22. The first-order valence-electron chi connectivity index (χ1n) is 18.5. The first kappa shape index (κ1) is 42.3. The molecule has 0 saturated heterocycles. The van der Waals surface area contributed by atoms with E-state index < -0.39 is 24.2 Å². The molecule has 1 amide bonds. The summed E-state index contributed by atoms with van der Waals surface area (Å²) < 4.78 is 0. The van der Waals surface area contributed by atoms with Crippen molar-refractivity contribution in [3.63, 3.8) is 0 Å². The van der Waals surface area contributed by atoms with Gasteiger partial charge in [-0.25, -0.2) is 0 Å². The van der Waals surface area contributed by atoms with Crippen LogP contribution in [-0.2, 0) is 4.79 Å². The van der Waals surface area contributed by atoms with E-state index in [1.54, 1.807) is 6.08 Å². The van der Waals surface area contributed by atoms with E-state index in [-0.39, 0.29) is 6.61 Å². The maximum absolute atomic E-state index is 12.4. The van der Waals surface area contributed by atoms with Gasteiger partial charge in [0.05, 0.1) is 18.8 Å². The SMILES string of the molecule is CCCCCCC/C=C/CC/C=C/CC/C=C/C(O)C(CO)NC(=O)C(O)CCCCCC/C=C\CCCCCCCCC. The Balaban J connectivity index is 3.86. The lowest BCUT2D eigenvalue weighted by atomic mass is 10.1. The predicted octanol–water partition coefficient (Wildman–Crippen LogP) is 9.81. The number of hydrogen-bond donors (Lipinski definition) is 4. The topological polar surface area (TPSA) is 89.8 Å². The quantitative estimate of drug-likeness (QED) is 0.0447. The minimum atomic E-state index is -1.12. The summed E-state index contributed by atoms with van der Waals surface area (Å²) in [6.45, 7) is 4.12. The van der Waals surface area contributed by atoms with E-state index in [2.05, 4.69) is 55.6 Å². The maximum atomic E-state index is 12.4. The fraction of sp³-hybridized carbons (Fsp3) is 0.769. The average Bonchev–Trinajstić information content (AvgIpc) is 3.03. The van der Waals surface area contributed by atoms with Crippen LogP contribution in [0.4, 0.5) is 0 Å². The van der Waals surface area contributed by atoms with Crippen molar-refractivity contribution in [2.45, 2.75) is 186 Å². The Morgan fingerprint density at radius 2 is 0.932 bits per heavy atom. The predicted molar refractivity (Wildman–Crippen MR) is 190 cm³/mol. The van der Waals surface area contributed by atoms with Crippen LogP contribution in [-0.4, -0.2) is 46.1 Å². The van der Waals surface area contributed by atoms with Gasteiger partial charge in [0.15, 0.2) is 0 Å². The molecular weight excluding hydrogens is 546 g/mol. The molecule has 44 heavy (non-hydrogen) atoms. The minimum Gasteiger partial charge on any atom is -0.394 e. The first-order chi connectivity index (χ1) is 21.6. The standard InChI is InChI=1S/C39H71NO4/c1-3-5-7-9-11-13-15-17-19-21-23-25-27-29-31-33-37(42)36(35-41)40-39(44)38(43)34-32-30-28-26-24-22-20-18-16-14-12-10-8-6-4-2/h15,17,20,22-23,25,31,33,36-38,41-43H,3-14,16,18-19,21,24,26-30,32,34-35H2,1-2H3,(H,40,44)/b17-15+,22-20-,25-23+,33-31+. The molecular formula is C39H71NO4. The molecule has 0 aromatic heterocycles.